The lowest BCUT2D eigenvalue weighted by atomic mass is 9.70. The van der Waals surface area contributed by atoms with Crippen molar-refractivity contribution in [2.45, 2.75) is 65.7 Å². The second kappa shape index (κ2) is 7.88. The molecule has 32 heavy (non-hydrogen) atoms. The van der Waals surface area contributed by atoms with Crippen LogP contribution in [0.2, 0.25) is 0 Å². The summed E-state index contributed by atoms with van der Waals surface area (Å²) in [6.07, 6.45) is 5.32. The molecule has 5 nitrogen and oxygen atoms in total. The Balaban J connectivity index is 1.63. The van der Waals surface area contributed by atoms with E-state index in [0.717, 1.165) is 53.0 Å². The van der Waals surface area contributed by atoms with Crippen molar-refractivity contribution in [2.75, 3.05) is 0 Å². The van der Waals surface area contributed by atoms with Crippen LogP contribution in [0.3, 0.4) is 0 Å². The first-order valence-corrected chi connectivity index (χ1v) is 11.9. The van der Waals surface area contributed by atoms with Gasteiger partial charge in [0.15, 0.2) is 11.3 Å². The zero-order valence-electron chi connectivity index (χ0n) is 19.5. The Kier molecular flexibility index (Phi) is 5.15. The predicted molar refractivity (Wildman–Crippen MR) is 130 cm³/mol. The maximum Gasteiger partial charge on any atom is 0.277 e. The van der Waals surface area contributed by atoms with E-state index in [-0.39, 0.29) is 5.56 Å². The van der Waals surface area contributed by atoms with Crippen molar-refractivity contribution in [3.8, 4) is 11.4 Å². The molecule has 5 rings (SSSR count). The summed E-state index contributed by atoms with van der Waals surface area (Å²) in [6, 6.07) is 14.3. The van der Waals surface area contributed by atoms with Crippen molar-refractivity contribution in [2.24, 2.45) is 11.3 Å². The first-order chi connectivity index (χ1) is 15.4. The van der Waals surface area contributed by atoms with Crippen LogP contribution in [0.4, 0.5) is 0 Å². The Bertz CT molecular complexity index is 1330. The quantitative estimate of drug-likeness (QED) is 0.427. The molecule has 1 fully saturated rings. The highest BCUT2D eigenvalue weighted by molar-refractivity contribution is 5.94. The Morgan fingerprint density at radius 3 is 2.47 bits per heavy atom. The van der Waals surface area contributed by atoms with E-state index in [1.54, 1.807) is 0 Å². The SMILES string of the molecule is CCc1nc([C@H]2CC[C@@H](C(C)(C)C)CC2)n2nc(-c3cccc4ccccc34)[nH]c(=O)c12. The van der Waals surface area contributed by atoms with Gasteiger partial charge in [-0.1, -0.05) is 70.2 Å². The minimum Gasteiger partial charge on any atom is -0.303 e. The van der Waals surface area contributed by atoms with Crippen LogP contribution in [0.15, 0.2) is 47.3 Å². The number of aromatic nitrogens is 4. The van der Waals surface area contributed by atoms with Crippen LogP contribution in [0, 0.1) is 11.3 Å². The molecule has 1 aliphatic rings. The summed E-state index contributed by atoms with van der Waals surface area (Å²) in [5.74, 6) is 2.63. The van der Waals surface area contributed by atoms with E-state index in [2.05, 4.69) is 50.9 Å². The van der Waals surface area contributed by atoms with Crippen LogP contribution >= 0.6 is 0 Å². The summed E-state index contributed by atoms with van der Waals surface area (Å²) >= 11 is 0. The van der Waals surface area contributed by atoms with Crippen molar-refractivity contribution >= 4 is 16.3 Å². The topological polar surface area (TPSA) is 63.1 Å². The van der Waals surface area contributed by atoms with E-state index >= 15 is 0 Å². The number of nitrogens with one attached hydrogen (secondary N) is 1. The number of nitrogens with zero attached hydrogens (tertiary/aromatic N) is 3. The lowest BCUT2D eigenvalue weighted by molar-refractivity contribution is 0.167. The third-order valence-corrected chi connectivity index (χ3v) is 7.30. The zero-order chi connectivity index (χ0) is 22.5. The fraction of sp³-hybridized carbons (Fsp3) is 0.444. The molecule has 2 aromatic carbocycles. The number of fused-ring (bicyclic) bond motifs is 2. The van der Waals surface area contributed by atoms with Gasteiger partial charge < -0.3 is 4.98 Å². The van der Waals surface area contributed by atoms with Gasteiger partial charge in [-0.25, -0.2) is 9.50 Å². The van der Waals surface area contributed by atoms with Crippen molar-refractivity contribution in [3.63, 3.8) is 0 Å². The molecule has 166 valence electrons. The Morgan fingerprint density at radius 2 is 1.75 bits per heavy atom. The minimum absolute atomic E-state index is 0.109. The van der Waals surface area contributed by atoms with E-state index in [0.29, 0.717) is 22.7 Å². The molecule has 1 saturated carbocycles. The molecule has 0 bridgehead atoms. The third kappa shape index (κ3) is 3.54. The molecule has 0 unspecified atom stereocenters. The van der Waals surface area contributed by atoms with Gasteiger partial charge in [-0.15, -0.1) is 5.10 Å². The van der Waals surface area contributed by atoms with Crippen LogP contribution < -0.4 is 5.56 Å². The first kappa shape index (κ1) is 20.9. The highest BCUT2D eigenvalue weighted by Gasteiger charge is 2.32. The van der Waals surface area contributed by atoms with Crippen molar-refractivity contribution < 1.29 is 0 Å². The predicted octanol–water partition coefficient (Wildman–Crippen LogP) is 6.12. The number of rotatable bonds is 3. The summed E-state index contributed by atoms with van der Waals surface area (Å²) in [7, 11) is 0. The lowest BCUT2D eigenvalue weighted by Crippen LogP contribution is -2.26. The highest BCUT2D eigenvalue weighted by Crippen LogP contribution is 2.43. The molecule has 0 amide bonds. The number of H-pyrrole nitrogens is 1. The summed E-state index contributed by atoms with van der Waals surface area (Å²) in [6.45, 7) is 9.08. The van der Waals surface area contributed by atoms with E-state index in [1.807, 2.05) is 28.8 Å². The van der Waals surface area contributed by atoms with Gasteiger partial charge in [0.25, 0.3) is 5.56 Å². The molecule has 5 heteroatoms. The van der Waals surface area contributed by atoms with E-state index in [1.165, 1.54) is 12.8 Å². The summed E-state index contributed by atoms with van der Waals surface area (Å²) in [4.78, 5) is 21.2. The van der Waals surface area contributed by atoms with Gasteiger partial charge in [0.05, 0.1) is 5.69 Å². The van der Waals surface area contributed by atoms with Crippen molar-refractivity contribution in [1.82, 2.24) is 19.6 Å². The van der Waals surface area contributed by atoms with Crippen molar-refractivity contribution in [1.29, 1.82) is 0 Å². The van der Waals surface area contributed by atoms with Crippen LogP contribution in [0.25, 0.3) is 27.7 Å². The van der Waals surface area contributed by atoms with Crippen LogP contribution in [0.5, 0.6) is 0 Å². The number of aromatic amines is 1. The maximum absolute atomic E-state index is 13.2. The average molecular weight is 429 g/mol. The van der Waals surface area contributed by atoms with Gasteiger partial charge in [0.2, 0.25) is 0 Å². The van der Waals surface area contributed by atoms with E-state index in [9.17, 15) is 4.79 Å². The normalized spacial score (nSPS) is 19.6. The standard InChI is InChI=1S/C27H32N4O/c1-5-22-23-26(32)29-24(21-12-8-10-17-9-6-7-11-20(17)21)30-31(23)25(28-22)18-13-15-19(16-14-18)27(2,3)4/h6-12,18-19H,5,13-16H2,1-4H3,(H,29,30,32)/t18-,19+. The van der Waals surface area contributed by atoms with Gasteiger partial charge in [-0.05, 0) is 54.2 Å². The summed E-state index contributed by atoms with van der Waals surface area (Å²) in [5.41, 5.74) is 2.62. The Labute approximate surface area is 188 Å². The molecule has 0 saturated heterocycles. The van der Waals surface area contributed by atoms with Crippen LogP contribution in [0.1, 0.15) is 70.8 Å². The molecule has 4 aromatic rings. The number of hydrogen-bond donors (Lipinski definition) is 1. The Morgan fingerprint density at radius 1 is 1.03 bits per heavy atom. The molecular formula is C27H32N4O. The average Bonchev–Trinajstić information content (AvgIpc) is 3.17. The van der Waals surface area contributed by atoms with Gasteiger partial charge in [-0.3, -0.25) is 4.79 Å². The molecule has 0 aliphatic heterocycles. The van der Waals surface area contributed by atoms with E-state index < -0.39 is 0 Å². The zero-order valence-corrected chi connectivity index (χ0v) is 19.5. The fourth-order valence-corrected chi connectivity index (χ4v) is 5.38. The molecule has 2 aromatic heterocycles. The maximum atomic E-state index is 13.2. The molecule has 0 atom stereocenters. The third-order valence-electron chi connectivity index (χ3n) is 7.30. The second-order valence-corrected chi connectivity index (χ2v) is 10.3. The van der Waals surface area contributed by atoms with Gasteiger partial charge in [-0.2, -0.15) is 0 Å². The summed E-state index contributed by atoms with van der Waals surface area (Å²) < 4.78 is 1.86. The highest BCUT2D eigenvalue weighted by atomic mass is 16.1. The monoisotopic (exact) mass is 428 g/mol. The lowest BCUT2D eigenvalue weighted by Gasteiger charge is -2.36. The van der Waals surface area contributed by atoms with Crippen molar-refractivity contribution in [3.05, 3.63) is 64.3 Å². The second-order valence-electron chi connectivity index (χ2n) is 10.3. The number of benzene rings is 2. The minimum atomic E-state index is -0.109. The molecule has 1 N–H and O–H groups in total. The number of hydrogen-bond acceptors (Lipinski definition) is 3. The number of imidazole rings is 1. The smallest absolute Gasteiger partial charge is 0.277 e. The molecule has 1 aliphatic carbocycles. The van der Waals surface area contributed by atoms with Crippen LogP contribution in [-0.4, -0.2) is 19.6 Å². The molecule has 0 radical (unpaired) electrons. The van der Waals surface area contributed by atoms with Crippen LogP contribution in [-0.2, 0) is 6.42 Å². The largest absolute Gasteiger partial charge is 0.303 e. The molecule has 2 heterocycles. The first-order valence-electron chi connectivity index (χ1n) is 11.9. The van der Waals surface area contributed by atoms with E-state index in [4.69, 9.17) is 10.1 Å². The van der Waals surface area contributed by atoms with Gasteiger partial charge >= 0.3 is 0 Å². The molecular weight excluding hydrogens is 396 g/mol. The van der Waals surface area contributed by atoms with Gasteiger partial charge in [0.1, 0.15) is 5.82 Å². The molecule has 0 spiro atoms. The summed E-state index contributed by atoms with van der Waals surface area (Å²) in [5, 5.41) is 7.18. The number of aryl methyl sites for hydroxylation is 1. The Hall–Kier alpha value is -2.95. The van der Waals surface area contributed by atoms with Gasteiger partial charge in [0, 0.05) is 11.5 Å². The fourth-order valence-electron chi connectivity index (χ4n) is 5.38.